The van der Waals surface area contributed by atoms with E-state index in [2.05, 4.69) is 16.0 Å². The smallest absolute Gasteiger partial charge is 0.316 e. The highest BCUT2D eigenvalue weighted by Gasteiger charge is 2.53. The normalized spacial score (nSPS) is 20.4. The average molecular weight is 499 g/mol. The third-order valence-corrected chi connectivity index (χ3v) is 6.66. The molecule has 5 rings (SSSR count). The van der Waals surface area contributed by atoms with Gasteiger partial charge in [-0.05, 0) is 23.1 Å². The third-order valence-electron chi connectivity index (χ3n) is 6.66. The molecule has 7 amide bonds. The molecule has 188 valence electrons. The number of barbiturate groups is 1. The topological polar surface area (TPSA) is 125 Å². The molecular weight excluding hydrogens is 472 g/mol. The highest BCUT2D eigenvalue weighted by molar-refractivity contribution is 6.22. The molecule has 0 aliphatic carbocycles. The van der Waals surface area contributed by atoms with Gasteiger partial charge in [0.05, 0.1) is 0 Å². The van der Waals surface area contributed by atoms with Crippen molar-refractivity contribution in [1.82, 2.24) is 20.9 Å². The fourth-order valence-corrected chi connectivity index (χ4v) is 4.66. The Labute approximate surface area is 213 Å². The van der Waals surface area contributed by atoms with Gasteiger partial charge >= 0.3 is 12.1 Å². The average Bonchev–Trinajstić information content (AvgIpc) is 3.24. The van der Waals surface area contributed by atoms with Gasteiger partial charge in [0.1, 0.15) is 0 Å². The number of hydrogen-bond donors (Lipinski definition) is 3. The number of benzene rings is 3. The fourth-order valence-electron chi connectivity index (χ4n) is 4.66. The molecule has 3 aromatic rings. The molecule has 2 heterocycles. The van der Waals surface area contributed by atoms with Crippen LogP contribution in [-0.4, -0.2) is 41.7 Å². The zero-order valence-electron chi connectivity index (χ0n) is 20.4. The van der Waals surface area contributed by atoms with Crippen LogP contribution in [0.4, 0.5) is 9.59 Å². The van der Waals surface area contributed by atoms with Crippen molar-refractivity contribution in [2.75, 3.05) is 7.05 Å². The van der Waals surface area contributed by atoms with Gasteiger partial charge in [0.15, 0.2) is 11.0 Å². The Hall–Kier alpha value is -4.79. The van der Waals surface area contributed by atoms with Crippen molar-refractivity contribution in [3.63, 3.8) is 0 Å². The highest BCUT2D eigenvalue weighted by Crippen LogP contribution is 2.33. The number of imide groups is 3. The summed E-state index contributed by atoms with van der Waals surface area (Å²) in [6.45, 7) is 1.76. The highest BCUT2D eigenvalue weighted by atomic mass is 16.2. The summed E-state index contributed by atoms with van der Waals surface area (Å²) in [5.74, 6) is -1.39. The number of nitrogens with zero attached hydrogens (tertiary/aromatic N) is 1. The molecule has 1 unspecified atom stereocenters. The van der Waals surface area contributed by atoms with E-state index >= 15 is 0 Å². The predicted molar refractivity (Wildman–Crippen MR) is 135 cm³/mol. The molecule has 9 nitrogen and oxygen atoms in total. The molecule has 9 heteroatoms. The Balaban J connectivity index is 0.000000173. The molecule has 2 saturated heterocycles. The maximum Gasteiger partial charge on any atom is 0.330 e. The predicted octanol–water partition coefficient (Wildman–Crippen LogP) is 2.81. The van der Waals surface area contributed by atoms with E-state index in [1.165, 1.54) is 7.05 Å². The molecule has 3 aromatic carbocycles. The van der Waals surface area contributed by atoms with Gasteiger partial charge in [-0.2, -0.15) is 0 Å². The number of rotatable bonds is 4. The van der Waals surface area contributed by atoms with Crippen molar-refractivity contribution in [2.45, 2.75) is 24.3 Å². The molecule has 0 bridgehead atoms. The monoisotopic (exact) mass is 498 g/mol. The molecule has 0 aromatic heterocycles. The third kappa shape index (κ3) is 4.24. The van der Waals surface area contributed by atoms with Gasteiger partial charge in [-0.1, -0.05) is 97.9 Å². The van der Waals surface area contributed by atoms with Crippen LogP contribution in [0.2, 0.25) is 0 Å². The minimum absolute atomic E-state index is 0.305. The van der Waals surface area contributed by atoms with Crippen molar-refractivity contribution in [3.8, 4) is 0 Å². The molecule has 2 aliphatic heterocycles. The van der Waals surface area contributed by atoms with Gasteiger partial charge in [0, 0.05) is 7.05 Å². The lowest BCUT2D eigenvalue weighted by Gasteiger charge is -2.37. The van der Waals surface area contributed by atoms with Crippen LogP contribution in [0.1, 0.15) is 30.0 Å². The Morgan fingerprint density at radius 2 is 1.11 bits per heavy atom. The lowest BCUT2D eigenvalue weighted by molar-refractivity contribution is -0.144. The Morgan fingerprint density at radius 3 is 1.51 bits per heavy atom. The maximum absolute atomic E-state index is 12.3. The lowest BCUT2D eigenvalue weighted by Crippen LogP contribution is -2.64. The van der Waals surface area contributed by atoms with Gasteiger partial charge in [-0.15, -0.1) is 0 Å². The second-order valence-corrected chi connectivity index (χ2v) is 8.64. The van der Waals surface area contributed by atoms with E-state index in [0.717, 1.165) is 16.0 Å². The summed E-state index contributed by atoms with van der Waals surface area (Å²) in [5.41, 5.74) is -0.354. The quantitative estimate of drug-likeness (QED) is 0.377. The van der Waals surface area contributed by atoms with Crippen molar-refractivity contribution in [2.24, 2.45) is 0 Å². The largest absolute Gasteiger partial charge is 0.330 e. The van der Waals surface area contributed by atoms with E-state index in [1.807, 2.05) is 66.7 Å². The molecule has 2 fully saturated rings. The van der Waals surface area contributed by atoms with Gasteiger partial charge in [0.2, 0.25) is 5.91 Å². The molecule has 3 N–H and O–H groups in total. The number of carbonyl (C=O) groups is 5. The summed E-state index contributed by atoms with van der Waals surface area (Å²) in [7, 11) is 1.37. The molecular formula is C28H26N4O5. The number of urea groups is 2. The summed E-state index contributed by atoms with van der Waals surface area (Å²) >= 11 is 0. The zero-order chi connectivity index (χ0) is 26.6. The number of hydrogen-bond acceptors (Lipinski definition) is 5. The van der Waals surface area contributed by atoms with Crippen LogP contribution >= 0.6 is 0 Å². The van der Waals surface area contributed by atoms with Crippen molar-refractivity contribution in [3.05, 3.63) is 108 Å². The minimum Gasteiger partial charge on any atom is -0.316 e. The molecule has 2 aliphatic rings. The summed E-state index contributed by atoms with van der Waals surface area (Å²) in [6.07, 6.45) is 0.305. The van der Waals surface area contributed by atoms with E-state index < -0.39 is 34.8 Å². The van der Waals surface area contributed by atoms with Crippen LogP contribution in [0.25, 0.3) is 0 Å². The summed E-state index contributed by atoms with van der Waals surface area (Å²) in [6, 6.07) is 26.1. The second kappa shape index (κ2) is 10.1. The first-order valence-corrected chi connectivity index (χ1v) is 11.7. The van der Waals surface area contributed by atoms with Gasteiger partial charge in [0.25, 0.3) is 11.8 Å². The Kier molecular flexibility index (Phi) is 6.88. The standard InChI is InChI=1S/C15H12N2O2.C13H14N2O3/c18-13-15(17-14(19)16-13,11-7-3-1-4-8-11)12-9-5-2-6-10-12;1-3-13(9-7-5-4-6-8-9)10(16)14-12(18)15(2)11(13)17/h1-10H,(H2,16,17,18,19);4-8H,3H2,1-2H3,(H,14,16,18). The first kappa shape index (κ1) is 25.3. The van der Waals surface area contributed by atoms with E-state index in [-0.39, 0.29) is 5.91 Å². The van der Waals surface area contributed by atoms with Crippen LogP contribution in [0.3, 0.4) is 0 Å². The first-order valence-electron chi connectivity index (χ1n) is 11.7. The summed E-state index contributed by atoms with van der Waals surface area (Å²) in [4.78, 5) is 60.7. The fraction of sp³-hybridized carbons (Fsp3) is 0.179. The van der Waals surface area contributed by atoms with Crippen molar-refractivity contribution >= 4 is 29.8 Å². The molecule has 0 spiro atoms. The van der Waals surface area contributed by atoms with E-state index in [0.29, 0.717) is 12.0 Å². The Morgan fingerprint density at radius 1 is 0.649 bits per heavy atom. The zero-order valence-corrected chi connectivity index (χ0v) is 20.4. The molecule has 37 heavy (non-hydrogen) atoms. The van der Waals surface area contributed by atoms with E-state index in [4.69, 9.17) is 0 Å². The SMILES string of the molecule is CCC1(c2ccccc2)C(=O)NC(=O)N(C)C1=O.O=C1NC(=O)C(c2ccccc2)(c2ccccc2)N1. The van der Waals surface area contributed by atoms with Crippen LogP contribution in [-0.2, 0) is 25.3 Å². The maximum atomic E-state index is 12.3. The lowest BCUT2D eigenvalue weighted by atomic mass is 9.75. The van der Waals surface area contributed by atoms with Crippen molar-refractivity contribution < 1.29 is 24.0 Å². The molecule has 0 saturated carbocycles. The van der Waals surface area contributed by atoms with Crippen molar-refractivity contribution in [1.29, 1.82) is 0 Å². The summed E-state index contributed by atoms with van der Waals surface area (Å²) < 4.78 is 0. The van der Waals surface area contributed by atoms with E-state index in [1.54, 1.807) is 31.2 Å². The van der Waals surface area contributed by atoms with Gasteiger partial charge in [-0.3, -0.25) is 29.9 Å². The Bertz CT molecular complexity index is 1310. The number of amides is 7. The van der Waals surface area contributed by atoms with Crippen LogP contribution in [0.15, 0.2) is 91.0 Å². The van der Waals surface area contributed by atoms with Crippen LogP contribution in [0.5, 0.6) is 0 Å². The molecule has 1 atom stereocenters. The van der Waals surface area contributed by atoms with Gasteiger partial charge < -0.3 is 5.32 Å². The number of nitrogens with one attached hydrogen (secondary N) is 3. The van der Waals surface area contributed by atoms with Crippen LogP contribution in [0, 0.1) is 0 Å². The van der Waals surface area contributed by atoms with Crippen LogP contribution < -0.4 is 16.0 Å². The second-order valence-electron chi connectivity index (χ2n) is 8.64. The first-order chi connectivity index (χ1) is 17.8. The van der Waals surface area contributed by atoms with E-state index in [9.17, 15) is 24.0 Å². The van der Waals surface area contributed by atoms with Gasteiger partial charge in [-0.25, -0.2) is 9.59 Å². The molecule has 0 radical (unpaired) electrons. The number of carbonyl (C=O) groups excluding carboxylic acids is 5. The summed E-state index contributed by atoms with van der Waals surface area (Å²) in [5, 5.41) is 7.29. The number of likely N-dealkylation sites (N-methyl/N-ethyl adjacent to an activating group) is 1. The minimum atomic E-state index is -1.30.